The predicted molar refractivity (Wildman–Crippen MR) is 130 cm³/mol. The Labute approximate surface area is 199 Å². The molecule has 0 radical (unpaired) electrons. The Kier molecular flexibility index (Phi) is 6.12. The quantitative estimate of drug-likeness (QED) is 0.544. The first-order valence-corrected chi connectivity index (χ1v) is 13.0. The molecule has 0 aliphatic heterocycles. The van der Waals surface area contributed by atoms with Crippen molar-refractivity contribution in [2.24, 2.45) is 23.7 Å². The van der Waals surface area contributed by atoms with Crippen LogP contribution >= 0.6 is 11.3 Å². The molecule has 176 valence electrons. The normalized spacial score (nSPS) is 29.3. The van der Waals surface area contributed by atoms with Crippen molar-refractivity contribution in [2.75, 3.05) is 5.32 Å². The fourth-order valence-electron chi connectivity index (χ4n) is 6.54. The summed E-state index contributed by atoms with van der Waals surface area (Å²) in [4.78, 5) is 26.2. The van der Waals surface area contributed by atoms with Gasteiger partial charge < -0.3 is 10.6 Å². The van der Waals surface area contributed by atoms with Crippen molar-refractivity contribution >= 4 is 28.4 Å². The number of benzene rings is 1. The van der Waals surface area contributed by atoms with Gasteiger partial charge in [-0.25, -0.2) is 4.79 Å². The Bertz CT molecular complexity index is 972. The highest BCUT2D eigenvalue weighted by Crippen LogP contribution is 2.55. The molecule has 7 nitrogen and oxygen atoms in total. The maximum atomic E-state index is 13.1. The SMILES string of the molecule is CCC(C)C(NC(=O)NC12CC3CC(CC(C3)C1)C2)C(=O)Nc1nnc(-c2ccccc2)s1. The number of anilines is 1. The lowest BCUT2D eigenvalue weighted by Gasteiger charge is -2.56. The Balaban J connectivity index is 1.23. The van der Waals surface area contributed by atoms with Crippen LogP contribution in [0.3, 0.4) is 0 Å². The molecule has 1 aromatic carbocycles. The maximum Gasteiger partial charge on any atom is 0.315 e. The van der Waals surface area contributed by atoms with E-state index < -0.39 is 6.04 Å². The molecule has 1 aromatic heterocycles. The lowest BCUT2D eigenvalue weighted by atomic mass is 9.53. The Hall–Kier alpha value is -2.48. The van der Waals surface area contributed by atoms with Gasteiger partial charge in [0, 0.05) is 11.1 Å². The number of carbonyl (C=O) groups excluding carboxylic acids is 2. The average Bonchev–Trinajstić information content (AvgIpc) is 3.24. The van der Waals surface area contributed by atoms with Crippen molar-refractivity contribution in [3.8, 4) is 10.6 Å². The van der Waals surface area contributed by atoms with E-state index >= 15 is 0 Å². The third-order valence-electron chi connectivity index (χ3n) is 7.87. The van der Waals surface area contributed by atoms with Crippen LogP contribution in [0.25, 0.3) is 10.6 Å². The van der Waals surface area contributed by atoms with Crippen LogP contribution in [-0.4, -0.2) is 33.7 Å². The number of aromatic nitrogens is 2. The maximum absolute atomic E-state index is 13.1. The summed E-state index contributed by atoms with van der Waals surface area (Å²) in [7, 11) is 0. The summed E-state index contributed by atoms with van der Waals surface area (Å²) in [5.41, 5.74) is 0.876. The van der Waals surface area contributed by atoms with Gasteiger partial charge in [0.1, 0.15) is 11.0 Å². The van der Waals surface area contributed by atoms with Crippen molar-refractivity contribution in [2.45, 2.75) is 70.4 Å². The topological polar surface area (TPSA) is 96.0 Å². The minimum atomic E-state index is -0.631. The first-order chi connectivity index (χ1) is 15.9. The zero-order valence-electron chi connectivity index (χ0n) is 19.3. The van der Waals surface area contributed by atoms with E-state index in [1.165, 1.54) is 30.6 Å². The van der Waals surface area contributed by atoms with Crippen molar-refractivity contribution in [1.29, 1.82) is 0 Å². The second kappa shape index (κ2) is 9.05. The molecule has 0 saturated heterocycles. The molecule has 4 fully saturated rings. The zero-order chi connectivity index (χ0) is 23.0. The molecule has 33 heavy (non-hydrogen) atoms. The zero-order valence-corrected chi connectivity index (χ0v) is 20.2. The van der Waals surface area contributed by atoms with Crippen molar-refractivity contribution in [1.82, 2.24) is 20.8 Å². The summed E-state index contributed by atoms with van der Waals surface area (Å²) in [5.74, 6) is 2.00. The predicted octanol–water partition coefficient (Wildman–Crippen LogP) is 4.83. The van der Waals surface area contributed by atoms with Gasteiger partial charge in [-0.15, -0.1) is 10.2 Å². The third kappa shape index (κ3) is 4.76. The van der Waals surface area contributed by atoms with Crippen molar-refractivity contribution < 1.29 is 9.59 Å². The number of urea groups is 1. The van der Waals surface area contributed by atoms with Gasteiger partial charge in [-0.2, -0.15) is 0 Å². The van der Waals surface area contributed by atoms with E-state index in [1.807, 2.05) is 44.2 Å². The molecule has 0 spiro atoms. The van der Waals surface area contributed by atoms with Crippen LogP contribution in [0.4, 0.5) is 9.93 Å². The summed E-state index contributed by atoms with van der Waals surface area (Å²) < 4.78 is 0. The second-order valence-corrected chi connectivity index (χ2v) is 11.4. The molecule has 3 amide bonds. The van der Waals surface area contributed by atoms with E-state index in [9.17, 15) is 9.59 Å². The number of rotatable bonds is 7. The molecule has 4 bridgehead atoms. The first-order valence-electron chi connectivity index (χ1n) is 12.2. The molecule has 2 atom stereocenters. The Morgan fingerprint density at radius 3 is 2.30 bits per heavy atom. The highest BCUT2D eigenvalue weighted by molar-refractivity contribution is 7.18. The number of nitrogens with one attached hydrogen (secondary N) is 3. The lowest BCUT2D eigenvalue weighted by molar-refractivity contribution is -0.119. The monoisotopic (exact) mass is 467 g/mol. The van der Waals surface area contributed by atoms with Gasteiger partial charge in [-0.05, 0) is 62.2 Å². The van der Waals surface area contributed by atoms with Crippen LogP contribution in [0.2, 0.25) is 0 Å². The summed E-state index contributed by atoms with van der Waals surface area (Å²) in [6.07, 6.45) is 8.01. The molecular formula is C25H33N5O2S. The minimum Gasteiger partial charge on any atom is -0.333 e. The molecule has 4 aliphatic carbocycles. The van der Waals surface area contributed by atoms with Gasteiger partial charge >= 0.3 is 6.03 Å². The minimum absolute atomic E-state index is 0.00590. The van der Waals surface area contributed by atoms with Crippen LogP contribution in [0.1, 0.15) is 58.8 Å². The van der Waals surface area contributed by atoms with Gasteiger partial charge in [0.05, 0.1) is 0 Å². The van der Waals surface area contributed by atoms with Gasteiger partial charge in [0.15, 0.2) is 0 Å². The summed E-state index contributed by atoms with van der Waals surface area (Å²) in [6, 6.07) is 8.91. The average molecular weight is 468 g/mol. The standard InChI is InChI=1S/C25H33N5O2S/c1-3-15(2)20(21(31)27-24-30-29-22(33-24)19-7-5-4-6-8-19)26-23(32)28-25-12-16-9-17(13-25)11-18(10-16)14-25/h4-8,15-18,20H,3,9-14H2,1-2H3,(H2,26,28,32)(H,27,30,31). The molecule has 4 aliphatic rings. The van der Waals surface area contributed by atoms with Crippen LogP contribution in [0.15, 0.2) is 30.3 Å². The lowest BCUT2D eigenvalue weighted by Crippen LogP contribution is -2.63. The third-order valence-corrected chi connectivity index (χ3v) is 8.76. The molecule has 2 unspecified atom stereocenters. The van der Waals surface area contributed by atoms with E-state index in [4.69, 9.17) is 0 Å². The molecule has 6 rings (SSSR count). The van der Waals surface area contributed by atoms with Crippen LogP contribution in [0.5, 0.6) is 0 Å². The molecular weight excluding hydrogens is 434 g/mol. The fraction of sp³-hybridized carbons (Fsp3) is 0.600. The second-order valence-electron chi connectivity index (χ2n) is 10.4. The summed E-state index contributed by atoms with van der Waals surface area (Å²) >= 11 is 1.33. The van der Waals surface area contributed by atoms with Crippen LogP contribution < -0.4 is 16.0 Å². The van der Waals surface area contributed by atoms with Crippen molar-refractivity contribution in [3.63, 3.8) is 0 Å². The molecule has 2 aromatic rings. The Morgan fingerprint density at radius 2 is 1.70 bits per heavy atom. The largest absolute Gasteiger partial charge is 0.333 e. The molecule has 1 heterocycles. The van der Waals surface area contributed by atoms with E-state index in [-0.39, 0.29) is 23.4 Å². The summed E-state index contributed by atoms with van der Waals surface area (Å²) in [6.45, 7) is 4.02. The van der Waals surface area contributed by atoms with Gasteiger partial charge in [0.2, 0.25) is 11.0 Å². The van der Waals surface area contributed by atoms with Crippen LogP contribution in [-0.2, 0) is 4.79 Å². The van der Waals surface area contributed by atoms with E-state index in [0.29, 0.717) is 5.13 Å². The summed E-state index contributed by atoms with van der Waals surface area (Å²) in [5, 5.41) is 18.7. The number of nitrogens with zero attached hydrogens (tertiary/aromatic N) is 2. The highest BCUT2D eigenvalue weighted by Gasteiger charge is 2.51. The number of carbonyl (C=O) groups is 2. The highest BCUT2D eigenvalue weighted by atomic mass is 32.1. The van der Waals surface area contributed by atoms with Crippen LogP contribution in [0, 0.1) is 23.7 Å². The van der Waals surface area contributed by atoms with Gasteiger partial charge in [0.25, 0.3) is 0 Å². The molecule has 3 N–H and O–H groups in total. The number of hydrogen-bond acceptors (Lipinski definition) is 5. The number of hydrogen-bond donors (Lipinski definition) is 3. The van der Waals surface area contributed by atoms with E-state index in [0.717, 1.165) is 54.0 Å². The van der Waals surface area contributed by atoms with Gasteiger partial charge in [-0.3, -0.25) is 10.1 Å². The molecule has 4 saturated carbocycles. The van der Waals surface area contributed by atoms with Gasteiger partial charge in [-0.1, -0.05) is 61.9 Å². The fourth-order valence-corrected chi connectivity index (χ4v) is 7.29. The number of amides is 3. The van der Waals surface area contributed by atoms with E-state index in [2.05, 4.69) is 26.1 Å². The first kappa shape index (κ1) is 22.3. The smallest absolute Gasteiger partial charge is 0.315 e. The van der Waals surface area contributed by atoms with E-state index in [1.54, 1.807) is 0 Å². The Morgan fingerprint density at radius 1 is 1.06 bits per heavy atom. The molecule has 8 heteroatoms. The van der Waals surface area contributed by atoms with Crippen molar-refractivity contribution in [3.05, 3.63) is 30.3 Å².